The van der Waals surface area contributed by atoms with Gasteiger partial charge in [0.15, 0.2) is 0 Å². The monoisotopic (exact) mass is 252 g/mol. The Morgan fingerprint density at radius 1 is 1.39 bits per heavy atom. The Balaban J connectivity index is 1.88. The Bertz CT molecular complexity index is 421. The van der Waals surface area contributed by atoms with E-state index in [1.807, 2.05) is 0 Å². The van der Waals surface area contributed by atoms with Crippen LogP contribution >= 0.6 is 0 Å². The Morgan fingerprint density at radius 2 is 2.11 bits per heavy atom. The molecule has 3 N–H and O–H groups in total. The van der Waals surface area contributed by atoms with E-state index in [9.17, 15) is 14.7 Å². The quantitative estimate of drug-likeness (QED) is 0.756. The summed E-state index contributed by atoms with van der Waals surface area (Å²) < 4.78 is 5.07. The van der Waals surface area contributed by atoms with Crippen molar-refractivity contribution in [3.8, 4) is 0 Å². The molecule has 18 heavy (non-hydrogen) atoms. The number of carbonyl (C=O) groups is 2. The first-order valence-corrected chi connectivity index (χ1v) is 5.94. The lowest BCUT2D eigenvalue weighted by atomic mass is 9.98. The van der Waals surface area contributed by atoms with Crippen LogP contribution in [0.5, 0.6) is 0 Å². The largest absolute Gasteiger partial charge is 0.480 e. The third-order valence-corrected chi connectivity index (χ3v) is 3.22. The lowest BCUT2D eigenvalue weighted by molar-refractivity contribution is -0.144. The lowest BCUT2D eigenvalue weighted by Crippen LogP contribution is -2.55. The van der Waals surface area contributed by atoms with E-state index in [0.29, 0.717) is 18.6 Å². The van der Waals surface area contributed by atoms with Crippen LogP contribution in [0.1, 0.15) is 31.4 Å². The maximum absolute atomic E-state index is 11.7. The second-order valence-corrected chi connectivity index (χ2v) is 4.48. The van der Waals surface area contributed by atoms with Crippen molar-refractivity contribution in [3.63, 3.8) is 0 Å². The first-order valence-electron chi connectivity index (χ1n) is 5.94. The zero-order valence-electron chi connectivity index (χ0n) is 9.94. The molecule has 6 nitrogen and oxygen atoms in total. The molecule has 1 aromatic heterocycles. The van der Waals surface area contributed by atoms with Gasteiger partial charge in [0.05, 0.1) is 12.8 Å². The third-order valence-electron chi connectivity index (χ3n) is 3.22. The van der Waals surface area contributed by atoms with Crippen molar-refractivity contribution < 1.29 is 19.1 Å². The van der Waals surface area contributed by atoms with Crippen molar-refractivity contribution in [3.05, 3.63) is 24.2 Å². The molecule has 0 saturated heterocycles. The van der Waals surface area contributed by atoms with Gasteiger partial charge >= 0.3 is 12.0 Å². The van der Waals surface area contributed by atoms with Gasteiger partial charge < -0.3 is 20.2 Å². The summed E-state index contributed by atoms with van der Waals surface area (Å²) in [6.07, 6.45) is 4.13. The van der Waals surface area contributed by atoms with Gasteiger partial charge in [0.2, 0.25) is 0 Å². The standard InChI is InChI=1S/C12H16N2O4/c15-10(16)12(5-1-2-6-12)14-11(17)13-8-9-4-3-7-18-9/h3-4,7H,1-2,5-6,8H2,(H,15,16)(H2,13,14,17). The predicted molar refractivity (Wildman–Crippen MR) is 62.9 cm³/mol. The van der Waals surface area contributed by atoms with Crippen molar-refractivity contribution in [2.75, 3.05) is 0 Å². The van der Waals surface area contributed by atoms with E-state index < -0.39 is 17.5 Å². The number of urea groups is 1. The first-order chi connectivity index (χ1) is 8.62. The maximum Gasteiger partial charge on any atom is 0.329 e. The van der Waals surface area contributed by atoms with Crippen molar-refractivity contribution in [2.45, 2.75) is 37.8 Å². The number of furan rings is 1. The highest BCUT2D eigenvalue weighted by atomic mass is 16.4. The highest BCUT2D eigenvalue weighted by molar-refractivity contribution is 5.86. The average molecular weight is 252 g/mol. The molecule has 1 aliphatic carbocycles. The fourth-order valence-electron chi connectivity index (χ4n) is 2.21. The molecular formula is C12H16N2O4. The van der Waals surface area contributed by atoms with Crippen LogP contribution in [0.25, 0.3) is 0 Å². The van der Waals surface area contributed by atoms with E-state index in [0.717, 1.165) is 12.8 Å². The minimum Gasteiger partial charge on any atom is -0.480 e. The summed E-state index contributed by atoms with van der Waals surface area (Å²) in [5.41, 5.74) is -1.10. The maximum atomic E-state index is 11.7. The fraction of sp³-hybridized carbons (Fsp3) is 0.500. The molecule has 1 heterocycles. The van der Waals surface area contributed by atoms with Gasteiger partial charge in [0.1, 0.15) is 11.3 Å². The number of rotatable bonds is 4. The van der Waals surface area contributed by atoms with Crippen LogP contribution in [0.4, 0.5) is 4.79 Å². The predicted octanol–water partition coefficient (Wildman–Crippen LogP) is 1.48. The third kappa shape index (κ3) is 2.64. The smallest absolute Gasteiger partial charge is 0.329 e. The van der Waals surface area contributed by atoms with E-state index in [1.165, 1.54) is 6.26 Å². The molecule has 2 rings (SSSR count). The normalized spacial score (nSPS) is 17.3. The Kier molecular flexibility index (Phi) is 3.55. The summed E-state index contributed by atoms with van der Waals surface area (Å²) in [7, 11) is 0. The number of carboxylic acids is 1. The first kappa shape index (κ1) is 12.5. The van der Waals surface area contributed by atoms with Crippen LogP contribution in [-0.2, 0) is 11.3 Å². The Labute approximate surface area is 104 Å². The molecule has 98 valence electrons. The molecule has 1 saturated carbocycles. The summed E-state index contributed by atoms with van der Waals surface area (Å²) in [4.78, 5) is 22.9. The molecule has 0 atom stereocenters. The van der Waals surface area contributed by atoms with Gasteiger partial charge in [-0.2, -0.15) is 0 Å². The number of hydrogen-bond donors (Lipinski definition) is 3. The summed E-state index contributed by atoms with van der Waals surface area (Å²) >= 11 is 0. The number of amides is 2. The Hall–Kier alpha value is -1.98. The van der Waals surface area contributed by atoms with Crippen LogP contribution in [0.3, 0.4) is 0 Å². The summed E-state index contributed by atoms with van der Waals surface area (Å²) in [5.74, 6) is -0.339. The van der Waals surface area contributed by atoms with Crippen LogP contribution in [0.2, 0.25) is 0 Å². The SMILES string of the molecule is O=C(NCc1ccco1)NC1(C(=O)O)CCCC1. The molecule has 6 heteroatoms. The van der Waals surface area contributed by atoms with Gasteiger partial charge in [-0.25, -0.2) is 9.59 Å². The van der Waals surface area contributed by atoms with E-state index in [1.54, 1.807) is 12.1 Å². The molecular weight excluding hydrogens is 236 g/mol. The van der Waals surface area contributed by atoms with Gasteiger partial charge in [-0.05, 0) is 25.0 Å². The lowest BCUT2D eigenvalue weighted by Gasteiger charge is -2.25. The van der Waals surface area contributed by atoms with Crippen molar-refractivity contribution >= 4 is 12.0 Å². The van der Waals surface area contributed by atoms with E-state index in [-0.39, 0.29) is 6.54 Å². The van der Waals surface area contributed by atoms with Gasteiger partial charge in [-0.15, -0.1) is 0 Å². The zero-order valence-corrected chi connectivity index (χ0v) is 9.94. The fourth-order valence-corrected chi connectivity index (χ4v) is 2.21. The highest BCUT2D eigenvalue weighted by Gasteiger charge is 2.42. The topological polar surface area (TPSA) is 91.6 Å². The highest BCUT2D eigenvalue weighted by Crippen LogP contribution is 2.29. The Morgan fingerprint density at radius 3 is 2.67 bits per heavy atom. The second kappa shape index (κ2) is 5.12. The summed E-state index contributed by atoms with van der Waals surface area (Å²) in [6, 6.07) is 2.99. The molecule has 0 unspecified atom stereocenters. The molecule has 0 aliphatic heterocycles. The number of nitrogens with one attached hydrogen (secondary N) is 2. The molecule has 1 fully saturated rings. The number of aliphatic carboxylic acids is 1. The van der Waals surface area contributed by atoms with Gasteiger partial charge in [-0.3, -0.25) is 0 Å². The molecule has 0 bridgehead atoms. The van der Waals surface area contributed by atoms with Gasteiger partial charge in [0.25, 0.3) is 0 Å². The number of carboxylic acid groups (broad SMARTS) is 1. The van der Waals surface area contributed by atoms with E-state index in [2.05, 4.69) is 10.6 Å². The zero-order chi connectivity index (χ0) is 13.0. The van der Waals surface area contributed by atoms with Crippen molar-refractivity contribution in [2.24, 2.45) is 0 Å². The molecule has 0 spiro atoms. The van der Waals surface area contributed by atoms with E-state index >= 15 is 0 Å². The summed E-state index contributed by atoms with van der Waals surface area (Å²) in [5, 5.41) is 14.4. The minimum atomic E-state index is -1.10. The molecule has 1 aliphatic rings. The molecule has 2 amide bonds. The van der Waals surface area contributed by atoms with Gasteiger partial charge in [0, 0.05) is 0 Å². The molecule has 0 radical (unpaired) electrons. The number of hydrogen-bond acceptors (Lipinski definition) is 3. The minimum absolute atomic E-state index is 0.245. The van der Waals surface area contributed by atoms with Gasteiger partial charge in [-0.1, -0.05) is 12.8 Å². The summed E-state index contributed by atoms with van der Waals surface area (Å²) in [6.45, 7) is 0.245. The van der Waals surface area contributed by atoms with Crippen molar-refractivity contribution in [1.82, 2.24) is 10.6 Å². The van der Waals surface area contributed by atoms with Crippen LogP contribution < -0.4 is 10.6 Å². The molecule has 1 aromatic rings. The van der Waals surface area contributed by atoms with Crippen LogP contribution in [-0.4, -0.2) is 22.6 Å². The second-order valence-electron chi connectivity index (χ2n) is 4.48. The van der Waals surface area contributed by atoms with Crippen LogP contribution in [0.15, 0.2) is 22.8 Å². The van der Waals surface area contributed by atoms with E-state index in [4.69, 9.17) is 4.42 Å². The average Bonchev–Trinajstić information content (AvgIpc) is 2.97. The van der Waals surface area contributed by atoms with Crippen LogP contribution in [0, 0.1) is 0 Å². The van der Waals surface area contributed by atoms with Crippen molar-refractivity contribution in [1.29, 1.82) is 0 Å². The molecule has 0 aromatic carbocycles. The number of carbonyl (C=O) groups excluding carboxylic acids is 1.